The number of aromatic nitrogens is 2. The summed E-state index contributed by atoms with van der Waals surface area (Å²) < 4.78 is 27.5. The molecule has 0 N–H and O–H groups in total. The minimum absolute atomic E-state index is 0.332. The van der Waals surface area contributed by atoms with E-state index < -0.39 is 10.0 Å². The molecule has 4 nitrogen and oxygen atoms in total. The maximum atomic E-state index is 13.1. The second-order valence-corrected chi connectivity index (χ2v) is 7.96. The van der Waals surface area contributed by atoms with Gasteiger partial charge in [-0.3, -0.25) is 0 Å². The third-order valence-corrected chi connectivity index (χ3v) is 6.26. The number of hydrogen-bond acceptors (Lipinski definition) is 3. The molecule has 0 atom stereocenters. The zero-order chi connectivity index (χ0) is 16.9. The van der Waals surface area contributed by atoms with Crippen LogP contribution in [0.25, 0.3) is 11.0 Å². The Balaban J connectivity index is 2.29. The molecule has 0 aliphatic heterocycles. The van der Waals surface area contributed by atoms with Gasteiger partial charge in [0.25, 0.3) is 10.0 Å². The summed E-state index contributed by atoms with van der Waals surface area (Å²) in [5.41, 5.74) is 6.26. The Kier molecular flexibility index (Phi) is 3.56. The maximum absolute atomic E-state index is 13.1. The second kappa shape index (κ2) is 5.20. The summed E-state index contributed by atoms with van der Waals surface area (Å²) in [6.45, 7) is 9.70. The molecule has 3 rings (SSSR count). The highest BCUT2D eigenvalue weighted by molar-refractivity contribution is 7.90. The van der Waals surface area contributed by atoms with Gasteiger partial charge < -0.3 is 0 Å². The molecule has 0 radical (unpaired) electrons. The minimum Gasteiger partial charge on any atom is -0.236 e. The van der Waals surface area contributed by atoms with E-state index in [1.807, 2.05) is 52.8 Å². The quantitative estimate of drug-likeness (QED) is 0.718. The van der Waals surface area contributed by atoms with Crippen LogP contribution < -0.4 is 0 Å². The lowest BCUT2D eigenvalue weighted by molar-refractivity contribution is 0.588. The second-order valence-electron chi connectivity index (χ2n) is 6.17. The molecule has 0 fully saturated rings. The Morgan fingerprint density at radius 2 is 1.35 bits per heavy atom. The van der Waals surface area contributed by atoms with Crippen molar-refractivity contribution in [3.05, 3.63) is 58.4 Å². The number of benzene rings is 2. The molecule has 0 amide bonds. The third-order valence-electron chi connectivity index (χ3n) is 4.46. The van der Waals surface area contributed by atoms with Crippen molar-refractivity contribution < 1.29 is 8.42 Å². The number of hydrogen-bond donors (Lipinski definition) is 0. The van der Waals surface area contributed by atoms with E-state index in [1.54, 1.807) is 6.07 Å². The Bertz CT molecular complexity index is 1030. The minimum atomic E-state index is -3.67. The smallest absolute Gasteiger partial charge is 0.236 e. The Morgan fingerprint density at radius 3 is 2.04 bits per heavy atom. The fraction of sp³-hybridized carbons (Fsp3) is 0.278. The van der Waals surface area contributed by atoms with Gasteiger partial charge in [-0.25, -0.2) is 17.4 Å². The van der Waals surface area contributed by atoms with Gasteiger partial charge in [-0.15, -0.1) is 0 Å². The maximum Gasteiger partial charge on any atom is 0.269 e. The summed E-state index contributed by atoms with van der Waals surface area (Å²) in [6.07, 6.45) is 1.40. The lowest BCUT2D eigenvalue weighted by Crippen LogP contribution is -2.14. The van der Waals surface area contributed by atoms with Crippen molar-refractivity contribution in [2.45, 2.75) is 39.5 Å². The largest absolute Gasteiger partial charge is 0.269 e. The van der Waals surface area contributed by atoms with Crippen molar-refractivity contribution >= 4 is 21.1 Å². The molecule has 2 aromatic carbocycles. The van der Waals surface area contributed by atoms with E-state index in [0.717, 1.165) is 27.8 Å². The number of aryl methyl sites for hydroxylation is 5. The molecule has 0 saturated heterocycles. The van der Waals surface area contributed by atoms with Gasteiger partial charge in [0.15, 0.2) is 0 Å². The van der Waals surface area contributed by atoms with Crippen LogP contribution in [0.15, 0.2) is 35.5 Å². The van der Waals surface area contributed by atoms with Crippen LogP contribution in [0.5, 0.6) is 0 Å². The van der Waals surface area contributed by atoms with Gasteiger partial charge in [-0.2, -0.15) is 0 Å². The van der Waals surface area contributed by atoms with Crippen molar-refractivity contribution in [2.75, 3.05) is 0 Å². The van der Waals surface area contributed by atoms with Gasteiger partial charge >= 0.3 is 0 Å². The highest BCUT2D eigenvalue weighted by Crippen LogP contribution is 2.26. The van der Waals surface area contributed by atoms with Crippen molar-refractivity contribution in [3.63, 3.8) is 0 Å². The molecule has 0 aliphatic carbocycles. The van der Waals surface area contributed by atoms with Gasteiger partial charge in [-0.1, -0.05) is 6.07 Å². The zero-order valence-corrected chi connectivity index (χ0v) is 14.8. The Hall–Kier alpha value is -2.14. The number of fused-ring (bicyclic) bond motifs is 1. The molecular weight excluding hydrogens is 308 g/mol. The lowest BCUT2D eigenvalue weighted by Gasteiger charge is -2.12. The fourth-order valence-corrected chi connectivity index (χ4v) is 4.33. The van der Waals surface area contributed by atoms with E-state index in [9.17, 15) is 8.42 Å². The van der Waals surface area contributed by atoms with E-state index in [1.165, 1.54) is 10.3 Å². The number of nitrogens with zero attached hydrogens (tertiary/aromatic N) is 2. The summed E-state index contributed by atoms with van der Waals surface area (Å²) in [6, 6.07) is 7.46. The molecule has 3 aromatic rings. The van der Waals surface area contributed by atoms with Crippen molar-refractivity contribution in [3.8, 4) is 0 Å². The number of imidazole rings is 1. The van der Waals surface area contributed by atoms with Crippen LogP contribution in [-0.2, 0) is 10.0 Å². The average molecular weight is 328 g/mol. The standard InChI is InChI=1S/C18H20N2O2S/c1-11-6-15(5)18(9-14(11)4)23(21,22)20-10-19-16-7-12(2)13(3)8-17(16)20/h6-10H,1-5H3. The summed E-state index contributed by atoms with van der Waals surface area (Å²) in [5.74, 6) is 0. The molecule has 1 heterocycles. The first-order chi connectivity index (χ1) is 10.7. The van der Waals surface area contributed by atoms with Gasteiger partial charge in [0.2, 0.25) is 0 Å². The van der Waals surface area contributed by atoms with E-state index in [0.29, 0.717) is 15.9 Å². The molecular formula is C18H20N2O2S. The molecule has 0 unspecified atom stereocenters. The van der Waals surface area contributed by atoms with Crippen molar-refractivity contribution in [1.29, 1.82) is 0 Å². The van der Waals surface area contributed by atoms with E-state index in [4.69, 9.17) is 0 Å². The molecule has 0 aliphatic rings. The summed E-state index contributed by atoms with van der Waals surface area (Å²) in [5, 5.41) is 0. The molecule has 23 heavy (non-hydrogen) atoms. The normalized spacial score (nSPS) is 12.0. The van der Waals surface area contributed by atoms with Gasteiger partial charge in [0.05, 0.1) is 15.9 Å². The molecule has 0 bridgehead atoms. The van der Waals surface area contributed by atoms with Crippen LogP contribution in [-0.4, -0.2) is 17.4 Å². The molecule has 120 valence electrons. The monoisotopic (exact) mass is 328 g/mol. The average Bonchev–Trinajstić information content (AvgIpc) is 2.86. The van der Waals surface area contributed by atoms with Crippen molar-refractivity contribution in [2.24, 2.45) is 0 Å². The zero-order valence-electron chi connectivity index (χ0n) is 14.0. The van der Waals surface area contributed by atoms with Gasteiger partial charge in [0, 0.05) is 0 Å². The highest BCUT2D eigenvalue weighted by Gasteiger charge is 2.22. The van der Waals surface area contributed by atoms with E-state index in [2.05, 4.69) is 4.98 Å². The fourth-order valence-electron chi connectivity index (χ4n) is 2.75. The Labute approximate surface area is 136 Å². The molecule has 0 spiro atoms. The van der Waals surface area contributed by atoms with Crippen LogP contribution in [0.4, 0.5) is 0 Å². The Morgan fingerprint density at radius 1 is 0.783 bits per heavy atom. The van der Waals surface area contributed by atoms with Crippen LogP contribution in [0.2, 0.25) is 0 Å². The SMILES string of the molecule is Cc1cc(C)c(S(=O)(=O)n2cnc3cc(C)c(C)cc32)cc1C. The summed E-state index contributed by atoms with van der Waals surface area (Å²) in [7, 11) is -3.67. The van der Waals surface area contributed by atoms with E-state index >= 15 is 0 Å². The first-order valence-electron chi connectivity index (χ1n) is 7.49. The van der Waals surface area contributed by atoms with Crippen LogP contribution >= 0.6 is 0 Å². The van der Waals surface area contributed by atoms with E-state index in [-0.39, 0.29) is 0 Å². The predicted octanol–water partition coefficient (Wildman–Crippen LogP) is 3.82. The van der Waals surface area contributed by atoms with Crippen molar-refractivity contribution in [1.82, 2.24) is 8.96 Å². The van der Waals surface area contributed by atoms with Crippen LogP contribution in [0.3, 0.4) is 0 Å². The molecule has 0 saturated carbocycles. The van der Waals surface area contributed by atoms with Crippen LogP contribution in [0.1, 0.15) is 27.8 Å². The number of rotatable bonds is 2. The van der Waals surface area contributed by atoms with Gasteiger partial charge in [-0.05, 0) is 80.6 Å². The predicted molar refractivity (Wildman–Crippen MR) is 92.4 cm³/mol. The first-order valence-corrected chi connectivity index (χ1v) is 8.93. The summed E-state index contributed by atoms with van der Waals surface area (Å²) in [4.78, 5) is 4.60. The lowest BCUT2D eigenvalue weighted by atomic mass is 10.1. The third kappa shape index (κ3) is 2.45. The topological polar surface area (TPSA) is 52.0 Å². The molecule has 5 heteroatoms. The van der Waals surface area contributed by atoms with Gasteiger partial charge in [0.1, 0.15) is 6.33 Å². The first kappa shape index (κ1) is 15.7. The van der Waals surface area contributed by atoms with Crippen LogP contribution in [0, 0.1) is 34.6 Å². The highest BCUT2D eigenvalue weighted by atomic mass is 32.2. The molecule has 1 aromatic heterocycles. The summed E-state index contributed by atoms with van der Waals surface area (Å²) >= 11 is 0.